The molecular formula is C27H27ClF3N5O3. The van der Waals surface area contributed by atoms with Crippen molar-refractivity contribution in [3.8, 4) is 5.69 Å². The minimum atomic E-state index is -3.44. The molecule has 12 heteroatoms. The van der Waals surface area contributed by atoms with Crippen LogP contribution in [0.4, 0.5) is 13.2 Å². The number of aromatic nitrogens is 3. The number of aliphatic hydroxyl groups is 2. The maximum Gasteiger partial charge on any atom is 0.291 e. The summed E-state index contributed by atoms with van der Waals surface area (Å²) < 4.78 is 42.5. The smallest absolute Gasteiger partial charge is 0.291 e. The van der Waals surface area contributed by atoms with Gasteiger partial charge in [0.2, 0.25) is 0 Å². The molecule has 206 valence electrons. The number of hydrogen-bond acceptors (Lipinski definition) is 6. The average Bonchev–Trinajstić information content (AvgIpc) is 3.46. The molecule has 3 aromatic rings. The molecule has 0 fully saturated rings. The van der Waals surface area contributed by atoms with E-state index in [1.807, 2.05) is 0 Å². The standard InChI is InChI=1S/C27H27ClF3N5O3/c1-3-27(30,31)22(38)9-5-8-21-24(17-10-12-18(28)13-11-17)34-35(26(21)39)15-23-32-25(16(2)37)36(33-23)20-7-4-6-19(29)14-20/h3-4,6-7,10-14,16,21-22,37-38H,1,5,8-9,15H2,2H3/t16-,21?,22-/m0/s1. The largest absolute Gasteiger partial charge is 0.386 e. The molecule has 0 saturated carbocycles. The predicted octanol–water partition coefficient (Wildman–Crippen LogP) is 4.83. The lowest BCUT2D eigenvalue weighted by atomic mass is 9.91. The van der Waals surface area contributed by atoms with E-state index in [4.69, 9.17) is 11.6 Å². The molecular weight excluding hydrogens is 535 g/mol. The van der Waals surface area contributed by atoms with E-state index in [2.05, 4.69) is 21.8 Å². The zero-order valence-electron chi connectivity index (χ0n) is 21.0. The van der Waals surface area contributed by atoms with Crippen molar-refractivity contribution in [1.82, 2.24) is 19.8 Å². The fourth-order valence-electron chi connectivity index (χ4n) is 4.28. The highest BCUT2D eigenvalue weighted by Crippen LogP contribution is 2.30. The zero-order chi connectivity index (χ0) is 28.3. The predicted molar refractivity (Wildman–Crippen MR) is 139 cm³/mol. The highest BCUT2D eigenvalue weighted by Gasteiger charge is 2.39. The van der Waals surface area contributed by atoms with E-state index in [0.29, 0.717) is 28.1 Å². The van der Waals surface area contributed by atoms with Crippen LogP contribution in [-0.2, 0) is 11.3 Å². The molecule has 2 aromatic carbocycles. The molecule has 2 N–H and O–H groups in total. The highest BCUT2D eigenvalue weighted by atomic mass is 35.5. The van der Waals surface area contributed by atoms with Gasteiger partial charge in [0.25, 0.3) is 11.8 Å². The second-order valence-corrected chi connectivity index (χ2v) is 9.66. The fourth-order valence-corrected chi connectivity index (χ4v) is 4.41. The van der Waals surface area contributed by atoms with Crippen molar-refractivity contribution < 1.29 is 28.2 Å². The number of halogens is 4. The van der Waals surface area contributed by atoms with E-state index in [1.54, 1.807) is 30.3 Å². The van der Waals surface area contributed by atoms with Gasteiger partial charge in [0.05, 0.1) is 17.3 Å². The topological polar surface area (TPSA) is 104 Å². The van der Waals surface area contributed by atoms with Gasteiger partial charge in [0.15, 0.2) is 11.6 Å². The summed E-state index contributed by atoms with van der Waals surface area (Å²) in [4.78, 5) is 17.8. The van der Waals surface area contributed by atoms with Gasteiger partial charge in [-0.05, 0) is 68.2 Å². The molecule has 1 aliphatic heterocycles. The van der Waals surface area contributed by atoms with Crippen LogP contribution in [0.3, 0.4) is 0 Å². The third kappa shape index (κ3) is 6.38. The Morgan fingerprint density at radius 2 is 1.92 bits per heavy atom. The van der Waals surface area contributed by atoms with Crippen molar-refractivity contribution in [2.24, 2.45) is 11.0 Å². The summed E-state index contributed by atoms with van der Waals surface area (Å²) in [6.45, 7) is 4.39. The number of nitrogens with zero attached hydrogens (tertiary/aromatic N) is 5. The summed E-state index contributed by atoms with van der Waals surface area (Å²) in [5.74, 6) is -4.79. The van der Waals surface area contributed by atoms with Gasteiger partial charge in [-0.2, -0.15) is 13.9 Å². The molecule has 0 radical (unpaired) electrons. The Morgan fingerprint density at radius 1 is 1.21 bits per heavy atom. The van der Waals surface area contributed by atoms with Crippen molar-refractivity contribution in [1.29, 1.82) is 0 Å². The van der Waals surface area contributed by atoms with Crippen molar-refractivity contribution in [3.63, 3.8) is 0 Å². The monoisotopic (exact) mass is 561 g/mol. The van der Waals surface area contributed by atoms with Gasteiger partial charge in [0, 0.05) is 5.02 Å². The molecule has 3 atom stereocenters. The first-order chi connectivity index (χ1) is 18.5. The van der Waals surface area contributed by atoms with Crippen LogP contribution in [-0.4, -0.2) is 53.6 Å². The van der Waals surface area contributed by atoms with Crippen LogP contribution in [0.2, 0.25) is 5.02 Å². The van der Waals surface area contributed by atoms with Crippen LogP contribution in [0, 0.1) is 11.7 Å². The summed E-state index contributed by atoms with van der Waals surface area (Å²) in [6, 6.07) is 12.3. The van der Waals surface area contributed by atoms with Crippen LogP contribution >= 0.6 is 11.6 Å². The number of benzene rings is 2. The van der Waals surface area contributed by atoms with Gasteiger partial charge in [-0.3, -0.25) is 4.79 Å². The van der Waals surface area contributed by atoms with Crippen LogP contribution in [0.1, 0.15) is 49.5 Å². The number of hydrogen-bond donors (Lipinski definition) is 2. The van der Waals surface area contributed by atoms with Gasteiger partial charge in [0.1, 0.15) is 24.6 Å². The Hall–Kier alpha value is -3.54. The zero-order valence-corrected chi connectivity index (χ0v) is 21.8. The van der Waals surface area contributed by atoms with Crippen LogP contribution in [0.15, 0.2) is 66.3 Å². The lowest BCUT2D eigenvalue weighted by molar-refractivity contribution is -0.132. The van der Waals surface area contributed by atoms with Crippen molar-refractivity contribution in [3.05, 3.63) is 89.2 Å². The average molecular weight is 562 g/mol. The molecule has 0 spiro atoms. The van der Waals surface area contributed by atoms with E-state index >= 15 is 0 Å². The Labute approximate surface area is 228 Å². The van der Waals surface area contributed by atoms with Crippen molar-refractivity contribution >= 4 is 23.2 Å². The minimum Gasteiger partial charge on any atom is -0.386 e. The number of carbonyl (C=O) groups excluding carboxylic acids is 1. The fraction of sp³-hybridized carbons (Fsp3) is 0.333. The molecule has 1 amide bonds. The summed E-state index contributed by atoms with van der Waals surface area (Å²) in [7, 11) is 0. The number of hydrazone groups is 1. The van der Waals surface area contributed by atoms with Crippen LogP contribution in [0.5, 0.6) is 0 Å². The number of aliphatic hydroxyl groups excluding tert-OH is 2. The maximum absolute atomic E-state index is 13.8. The Bertz CT molecular complexity index is 1380. The minimum absolute atomic E-state index is 0.125. The van der Waals surface area contributed by atoms with Crippen LogP contribution in [0.25, 0.3) is 5.69 Å². The maximum atomic E-state index is 13.8. The van der Waals surface area contributed by atoms with E-state index < -0.39 is 35.8 Å². The van der Waals surface area contributed by atoms with Gasteiger partial charge >= 0.3 is 0 Å². The lowest BCUT2D eigenvalue weighted by Gasteiger charge is -2.19. The SMILES string of the molecule is C=CC(F)(F)[C@@H](O)CCCC1C(=O)N(Cc2nc([C@H](C)O)n(-c3cccc(F)c3)n2)N=C1c1ccc(Cl)cc1. The molecule has 0 saturated heterocycles. The molecule has 1 aromatic heterocycles. The first kappa shape index (κ1) is 28.5. The first-order valence-electron chi connectivity index (χ1n) is 12.2. The number of alkyl halides is 2. The summed E-state index contributed by atoms with van der Waals surface area (Å²) in [6.07, 6.45) is -2.52. The Kier molecular flexibility index (Phi) is 8.53. The highest BCUT2D eigenvalue weighted by molar-refractivity contribution is 6.30. The molecule has 1 aliphatic rings. The molecule has 0 aliphatic carbocycles. The first-order valence-corrected chi connectivity index (χ1v) is 12.6. The summed E-state index contributed by atoms with van der Waals surface area (Å²) >= 11 is 6.01. The molecule has 8 nitrogen and oxygen atoms in total. The van der Waals surface area contributed by atoms with E-state index in [9.17, 15) is 28.2 Å². The molecule has 2 heterocycles. The van der Waals surface area contributed by atoms with Gasteiger partial charge in [-0.15, -0.1) is 5.10 Å². The second kappa shape index (κ2) is 11.7. The molecule has 0 bridgehead atoms. The number of rotatable bonds is 11. The Morgan fingerprint density at radius 3 is 2.56 bits per heavy atom. The summed E-state index contributed by atoms with van der Waals surface area (Å²) in [5.41, 5.74) is 1.39. The van der Waals surface area contributed by atoms with Crippen molar-refractivity contribution in [2.45, 2.75) is 50.9 Å². The third-order valence-corrected chi connectivity index (χ3v) is 6.58. The second-order valence-electron chi connectivity index (χ2n) is 9.22. The van der Waals surface area contributed by atoms with Gasteiger partial charge in [-0.25, -0.2) is 19.1 Å². The van der Waals surface area contributed by atoms with Gasteiger partial charge in [-0.1, -0.05) is 36.4 Å². The molecule has 1 unspecified atom stereocenters. The van der Waals surface area contributed by atoms with Gasteiger partial charge < -0.3 is 10.2 Å². The number of amides is 1. The summed E-state index contributed by atoms with van der Waals surface area (Å²) in [5, 5.41) is 30.6. The molecule has 4 rings (SSSR count). The third-order valence-electron chi connectivity index (χ3n) is 6.33. The van der Waals surface area contributed by atoms with E-state index in [0.717, 1.165) is 0 Å². The lowest BCUT2D eigenvalue weighted by Crippen LogP contribution is -2.32. The number of carbonyl (C=O) groups is 1. The quantitative estimate of drug-likeness (QED) is 0.326. The van der Waals surface area contributed by atoms with Crippen molar-refractivity contribution in [2.75, 3.05) is 0 Å². The normalized spacial score (nSPS) is 17.3. The van der Waals surface area contributed by atoms with Crippen LogP contribution < -0.4 is 0 Å². The van der Waals surface area contributed by atoms with E-state index in [-0.39, 0.29) is 37.5 Å². The molecule has 39 heavy (non-hydrogen) atoms. The van der Waals surface area contributed by atoms with E-state index in [1.165, 1.54) is 34.8 Å². The Balaban J connectivity index is 1.59.